The monoisotopic (exact) mass is 362 g/mol. The van der Waals surface area contributed by atoms with E-state index in [1.54, 1.807) is 30.5 Å². The molecule has 0 saturated heterocycles. The maximum atomic E-state index is 9.87. The Morgan fingerprint density at radius 1 is 1.04 bits per heavy atom. The quantitative estimate of drug-likeness (QED) is 0.460. The normalized spacial score (nSPS) is 11.5. The maximum Gasteiger partial charge on any atom is 0.227 e. The van der Waals surface area contributed by atoms with Gasteiger partial charge in [-0.25, -0.2) is 4.98 Å². The Hall–Kier alpha value is -3.11. The second-order valence-electron chi connectivity index (χ2n) is 6.00. The Morgan fingerprint density at radius 3 is 2.65 bits per heavy atom. The molecular weight excluding hydrogens is 348 g/mol. The van der Waals surface area contributed by atoms with Crippen LogP contribution in [-0.2, 0) is 0 Å². The third-order valence-corrected chi connectivity index (χ3v) is 4.23. The van der Waals surface area contributed by atoms with Crippen LogP contribution in [0.5, 0.6) is 5.75 Å². The summed E-state index contributed by atoms with van der Waals surface area (Å²) in [5.41, 5.74) is 4.80. The minimum atomic E-state index is 0.209. The highest BCUT2D eigenvalue weighted by Gasteiger charge is 2.08. The van der Waals surface area contributed by atoms with Crippen molar-refractivity contribution in [2.45, 2.75) is 6.92 Å². The molecule has 4 rings (SSSR count). The molecule has 0 unspecified atom stereocenters. The molecular formula is C21H15ClN2O2. The number of benzene rings is 3. The average molecular weight is 363 g/mol. The van der Waals surface area contributed by atoms with Gasteiger partial charge in [0.25, 0.3) is 0 Å². The third kappa shape index (κ3) is 3.32. The number of hydrogen-bond donors (Lipinski definition) is 1. The van der Waals surface area contributed by atoms with E-state index < -0.39 is 0 Å². The number of aliphatic imine (C=N–C) groups is 1. The lowest BCUT2D eigenvalue weighted by Gasteiger charge is -2.00. The van der Waals surface area contributed by atoms with Crippen molar-refractivity contribution < 1.29 is 9.52 Å². The summed E-state index contributed by atoms with van der Waals surface area (Å²) in [6.07, 6.45) is 1.65. The van der Waals surface area contributed by atoms with Crippen LogP contribution in [-0.4, -0.2) is 16.3 Å². The Morgan fingerprint density at radius 2 is 1.85 bits per heavy atom. The fourth-order valence-electron chi connectivity index (χ4n) is 2.64. The van der Waals surface area contributed by atoms with Crippen LogP contribution in [0.15, 0.2) is 70.1 Å². The minimum Gasteiger partial charge on any atom is -0.507 e. The summed E-state index contributed by atoms with van der Waals surface area (Å²) in [6, 6.07) is 18.3. The molecule has 0 amide bonds. The number of nitrogens with zero attached hydrogens (tertiary/aromatic N) is 2. The van der Waals surface area contributed by atoms with E-state index in [2.05, 4.69) is 9.98 Å². The van der Waals surface area contributed by atoms with Crippen LogP contribution in [0.25, 0.3) is 22.6 Å². The molecule has 26 heavy (non-hydrogen) atoms. The van der Waals surface area contributed by atoms with Crippen molar-refractivity contribution in [3.8, 4) is 17.2 Å². The van der Waals surface area contributed by atoms with E-state index in [1.165, 1.54) is 0 Å². The van der Waals surface area contributed by atoms with Crippen LogP contribution < -0.4 is 0 Å². The molecule has 0 atom stereocenters. The molecule has 0 bridgehead atoms. The Labute approximate surface area is 155 Å². The van der Waals surface area contributed by atoms with E-state index >= 15 is 0 Å². The van der Waals surface area contributed by atoms with Crippen LogP contribution in [0.1, 0.15) is 11.1 Å². The molecule has 4 nitrogen and oxygen atoms in total. The van der Waals surface area contributed by atoms with Crippen molar-refractivity contribution in [3.63, 3.8) is 0 Å². The van der Waals surface area contributed by atoms with Crippen molar-refractivity contribution >= 4 is 34.6 Å². The summed E-state index contributed by atoms with van der Waals surface area (Å²) in [5.74, 6) is 0.746. The van der Waals surface area contributed by atoms with E-state index in [0.29, 0.717) is 22.1 Å². The molecule has 1 aromatic heterocycles. The zero-order valence-electron chi connectivity index (χ0n) is 14.0. The summed E-state index contributed by atoms with van der Waals surface area (Å²) in [6.45, 7) is 1.97. The van der Waals surface area contributed by atoms with E-state index in [0.717, 1.165) is 22.3 Å². The standard InChI is InChI=1S/C21H15ClN2O2/c1-13-2-8-19(25)15(10-13)12-23-17-6-3-14(4-7-17)21-24-18-11-16(22)5-9-20(18)26-21/h2-12,25H,1H3. The summed E-state index contributed by atoms with van der Waals surface area (Å²) >= 11 is 5.99. The number of aryl methyl sites for hydroxylation is 1. The number of aromatic hydroxyl groups is 1. The van der Waals surface area contributed by atoms with Crippen LogP contribution in [0, 0.1) is 6.92 Å². The van der Waals surface area contributed by atoms with Crippen LogP contribution in [0.3, 0.4) is 0 Å². The molecule has 0 saturated carbocycles. The van der Waals surface area contributed by atoms with E-state index in [-0.39, 0.29) is 5.75 Å². The number of rotatable bonds is 3. The van der Waals surface area contributed by atoms with Crippen LogP contribution in [0.2, 0.25) is 5.02 Å². The van der Waals surface area contributed by atoms with Gasteiger partial charge >= 0.3 is 0 Å². The van der Waals surface area contributed by atoms with Gasteiger partial charge in [-0.15, -0.1) is 0 Å². The molecule has 0 radical (unpaired) electrons. The number of halogens is 1. The highest BCUT2D eigenvalue weighted by Crippen LogP contribution is 2.27. The Kier molecular flexibility index (Phi) is 4.19. The first-order chi connectivity index (χ1) is 12.6. The second-order valence-corrected chi connectivity index (χ2v) is 6.43. The molecule has 0 fully saturated rings. The molecule has 4 aromatic rings. The van der Waals surface area contributed by atoms with E-state index in [9.17, 15) is 5.11 Å². The van der Waals surface area contributed by atoms with Gasteiger partial charge in [-0.1, -0.05) is 23.2 Å². The SMILES string of the molecule is Cc1ccc(O)c(C=Nc2ccc(-c3nc4cc(Cl)ccc4o3)cc2)c1. The molecule has 5 heteroatoms. The number of fused-ring (bicyclic) bond motifs is 1. The van der Waals surface area contributed by atoms with Gasteiger partial charge in [0.2, 0.25) is 5.89 Å². The van der Waals surface area contributed by atoms with E-state index in [4.69, 9.17) is 16.0 Å². The Balaban J connectivity index is 1.59. The highest BCUT2D eigenvalue weighted by atomic mass is 35.5. The molecule has 0 spiro atoms. The Bertz CT molecular complexity index is 1110. The zero-order valence-corrected chi connectivity index (χ0v) is 14.7. The average Bonchev–Trinajstić information content (AvgIpc) is 3.06. The van der Waals surface area contributed by atoms with Crippen molar-refractivity contribution in [2.75, 3.05) is 0 Å². The third-order valence-electron chi connectivity index (χ3n) is 4.00. The largest absolute Gasteiger partial charge is 0.507 e. The van der Waals surface area contributed by atoms with Crippen molar-refractivity contribution in [2.24, 2.45) is 4.99 Å². The first-order valence-corrected chi connectivity index (χ1v) is 8.46. The first-order valence-electron chi connectivity index (χ1n) is 8.09. The van der Waals surface area contributed by atoms with Crippen LogP contribution in [0.4, 0.5) is 5.69 Å². The summed E-state index contributed by atoms with van der Waals surface area (Å²) < 4.78 is 5.77. The van der Waals surface area contributed by atoms with E-state index in [1.807, 2.05) is 43.3 Å². The highest BCUT2D eigenvalue weighted by molar-refractivity contribution is 6.31. The smallest absolute Gasteiger partial charge is 0.227 e. The lowest BCUT2D eigenvalue weighted by Crippen LogP contribution is -1.84. The number of hydrogen-bond acceptors (Lipinski definition) is 4. The van der Waals surface area contributed by atoms with Gasteiger partial charge in [0.1, 0.15) is 11.3 Å². The summed E-state index contributed by atoms with van der Waals surface area (Å²) in [5, 5.41) is 10.5. The zero-order chi connectivity index (χ0) is 18.1. The predicted molar refractivity (Wildman–Crippen MR) is 105 cm³/mol. The second kappa shape index (κ2) is 6.65. The predicted octanol–water partition coefficient (Wildman–Crippen LogP) is 5.91. The lowest BCUT2D eigenvalue weighted by molar-refractivity contribution is 0.474. The molecule has 0 aliphatic heterocycles. The van der Waals surface area contributed by atoms with Gasteiger partial charge in [-0.05, 0) is 61.5 Å². The fraction of sp³-hybridized carbons (Fsp3) is 0.0476. The number of phenolic OH excluding ortho intramolecular Hbond substituents is 1. The van der Waals surface area contributed by atoms with Crippen LogP contribution >= 0.6 is 11.6 Å². The molecule has 0 aliphatic rings. The van der Waals surface area contributed by atoms with Crippen molar-refractivity contribution in [1.82, 2.24) is 4.98 Å². The fourth-order valence-corrected chi connectivity index (χ4v) is 2.80. The summed E-state index contributed by atoms with van der Waals surface area (Å²) in [7, 11) is 0. The maximum absolute atomic E-state index is 9.87. The lowest BCUT2D eigenvalue weighted by atomic mass is 10.1. The molecule has 0 aliphatic carbocycles. The number of oxazole rings is 1. The van der Waals surface area contributed by atoms with Gasteiger partial charge < -0.3 is 9.52 Å². The molecule has 3 aromatic carbocycles. The van der Waals surface area contributed by atoms with Gasteiger partial charge in [-0.2, -0.15) is 0 Å². The first kappa shape index (κ1) is 16.4. The topological polar surface area (TPSA) is 58.6 Å². The number of aromatic nitrogens is 1. The molecule has 1 N–H and O–H groups in total. The van der Waals surface area contributed by atoms with Gasteiger partial charge in [0.05, 0.1) is 5.69 Å². The van der Waals surface area contributed by atoms with Gasteiger partial charge in [-0.3, -0.25) is 4.99 Å². The van der Waals surface area contributed by atoms with Gasteiger partial charge in [0, 0.05) is 22.4 Å². The number of phenols is 1. The molecule has 128 valence electrons. The minimum absolute atomic E-state index is 0.209. The van der Waals surface area contributed by atoms with Crippen molar-refractivity contribution in [1.29, 1.82) is 0 Å². The van der Waals surface area contributed by atoms with Crippen molar-refractivity contribution in [3.05, 3.63) is 76.8 Å². The molecule has 1 heterocycles. The van der Waals surface area contributed by atoms with Gasteiger partial charge in [0.15, 0.2) is 5.58 Å². The summed E-state index contributed by atoms with van der Waals surface area (Å²) in [4.78, 5) is 8.88.